The standard InChI is InChI=1S/C16H20N2O/c1-12-10-14(18(2)17-12)11-15(19)16(8-9-16)13-6-4-3-5-7-13/h3-7,10,15,19H,8-9,11H2,1-2H3. The Morgan fingerprint density at radius 2 is 2.00 bits per heavy atom. The molecule has 0 radical (unpaired) electrons. The van der Waals surface area contributed by atoms with Crippen molar-refractivity contribution in [3.8, 4) is 0 Å². The zero-order chi connectivity index (χ0) is 13.5. The molecule has 1 fully saturated rings. The van der Waals surface area contributed by atoms with Gasteiger partial charge in [-0.1, -0.05) is 30.3 Å². The summed E-state index contributed by atoms with van der Waals surface area (Å²) in [5.74, 6) is 0. The number of benzene rings is 1. The zero-order valence-corrected chi connectivity index (χ0v) is 11.5. The van der Waals surface area contributed by atoms with E-state index in [-0.39, 0.29) is 11.5 Å². The Balaban J connectivity index is 1.81. The van der Waals surface area contributed by atoms with Crippen molar-refractivity contribution in [2.45, 2.75) is 37.7 Å². The number of rotatable bonds is 4. The maximum absolute atomic E-state index is 10.6. The van der Waals surface area contributed by atoms with Crippen LogP contribution in [-0.4, -0.2) is 21.0 Å². The average Bonchev–Trinajstić information content (AvgIpc) is 3.14. The van der Waals surface area contributed by atoms with Crippen molar-refractivity contribution in [3.05, 3.63) is 53.3 Å². The Bertz CT molecular complexity index is 570. The number of aromatic nitrogens is 2. The minimum Gasteiger partial charge on any atom is -0.392 e. The molecule has 2 aromatic rings. The first kappa shape index (κ1) is 12.4. The molecular formula is C16H20N2O. The second-order valence-electron chi connectivity index (χ2n) is 5.64. The van der Waals surface area contributed by atoms with Gasteiger partial charge in [0.05, 0.1) is 11.8 Å². The topological polar surface area (TPSA) is 38.0 Å². The number of hydrogen-bond acceptors (Lipinski definition) is 2. The third-order valence-corrected chi connectivity index (χ3v) is 4.28. The molecule has 1 atom stereocenters. The van der Waals surface area contributed by atoms with Crippen LogP contribution in [0.15, 0.2) is 36.4 Å². The first-order valence-corrected chi connectivity index (χ1v) is 6.85. The molecule has 3 heteroatoms. The molecular weight excluding hydrogens is 236 g/mol. The van der Waals surface area contributed by atoms with E-state index in [9.17, 15) is 5.11 Å². The fraction of sp³-hybridized carbons (Fsp3) is 0.438. The lowest BCUT2D eigenvalue weighted by atomic mass is 9.87. The van der Waals surface area contributed by atoms with Gasteiger partial charge in [-0.05, 0) is 31.4 Å². The molecule has 1 aliphatic carbocycles. The van der Waals surface area contributed by atoms with Crippen LogP contribution in [-0.2, 0) is 18.9 Å². The summed E-state index contributed by atoms with van der Waals surface area (Å²) in [4.78, 5) is 0. The van der Waals surface area contributed by atoms with Crippen molar-refractivity contribution in [3.63, 3.8) is 0 Å². The largest absolute Gasteiger partial charge is 0.392 e. The summed E-state index contributed by atoms with van der Waals surface area (Å²) in [6.45, 7) is 1.99. The summed E-state index contributed by atoms with van der Waals surface area (Å²) in [5, 5.41) is 15.0. The highest BCUT2D eigenvalue weighted by Gasteiger charge is 2.50. The van der Waals surface area contributed by atoms with Crippen LogP contribution in [0, 0.1) is 6.92 Å². The number of aliphatic hydroxyl groups excluding tert-OH is 1. The van der Waals surface area contributed by atoms with Gasteiger partial charge in [0.25, 0.3) is 0 Å². The molecule has 1 unspecified atom stereocenters. The Hall–Kier alpha value is -1.61. The number of nitrogens with zero attached hydrogens (tertiary/aromatic N) is 2. The van der Waals surface area contributed by atoms with Crippen molar-refractivity contribution in [1.82, 2.24) is 9.78 Å². The fourth-order valence-electron chi connectivity index (χ4n) is 2.97. The highest BCUT2D eigenvalue weighted by molar-refractivity contribution is 5.33. The second kappa shape index (κ2) is 4.49. The van der Waals surface area contributed by atoms with E-state index < -0.39 is 0 Å². The molecule has 3 nitrogen and oxygen atoms in total. The van der Waals surface area contributed by atoms with Crippen LogP contribution in [0.2, 0.25) is 0 Å². The van der Waals surface area contributed by atoms with Gasteiger partial charge in [-0.25, -0.2) is 0 Å². The van der Waals surface area contributed by atoms with Gasteiger partial charge in [0, 0.05) is 24.6 Å². The monoisotopic (exact) mass is 256 g/mol. The second-order valence-corrected chi connectivity index (χ2v) is 5.64. The van der Waals surface area contributed by atoms with E-state index in [0.29, 0.717) is 6.42 Å². The molecule has 1 aliphatic rings. The minimum atomic E-state index is -0.329. The smallest absolute Gasteiger partial charge is 0.0692 e. The van der Waals surface area contributed by atoms with Gasteiger partial charge in [0.1, 0.15) is 0 Å². The van der Waals surface area contributed by atoms with E-state index in [0.717, 1.165) is 24.2 Å². The summed E-state index contributed by atoms with van der Waals surface area (Å²) in [7, 11) is 1.94. The SMILES string of the molecule is Cc1cc(CC(O)C2(c3ccccc3)CC2)n(C)n1. The lowest BCUT2D eigenvalue weighted by Crippen LogP contribution is -2.29. The lowest BCUT2D eigenvalue weighted by molar-refractivity contribution is 0.129. The van der Waals surface area contributed by atoms with Crippen LogP contribution < -0.4 is 0 Å². The van der Waals surface area contributed by atoms with Crippen LogP contribution in [0.25, 0.3) is 0 Å². The number of aliphatic hydroxyl groups is 1. The molecule has 0 bridgehead atoms. The molecule has 0 aliphatic heterocycles. The van der Waals surface area contributed by atoms with E-state index in [1.165, 1.54) is 5.56 Å². The van der Waals surface area contributed by atoms with Crippen molar-refractivity contribution in [2.24, 2.45) is 7.05 Å². The zero-order valence-electron chi connectivity index (χ0n) is 11.5. The molecule has 1 saturated carbocycles. The van der Waals surface area contributed by atoms with Crippen molar-refractivity contribution in [2.75, 3.05) is 0 Å². The number of hydrogen-bond donors (Lipinski definition) is 1. The van der Waals surface area contributed by atoms with Gasteiger partial charge < -0.3 is 5.11 Å². The lowest BCUT2D eigenvalue weighted by Gasteiger charge is -2.22. The maximum atomic E-state index is 10.6. The quantitative estimate of drug-likeness (QED) is 0.912. The average molecular weight is 256 g/mol. The first-order valence-electron chi connectivity index (χ1n) is 6.85. The Kier molecular flexibility index (Phi) is 2.94. The fourth-order valence-corrected chi connectivity index (χ4v) is 2.97. The summed E-state index contributed by atoms with van der Waals surface area (Å²) in [6.07, 6.45) is 2.50. The first-order chi connectivity index (χ1) is 9.12. The van der Waals surface area contributed by atoms with Gasteiger partial charge >= 0.3 is 0 Å². The highest BCUT2D eigenvalue weighted by atomic mass is 16.3. The van der Waals surface area contributed by atoms with Gasteiger partial charge in [0.2, 0.25) is 0 Å². The van der Waals surface area contributed by atoms with Gasteiger partial charge in [0.15, 0.2) is 0 Å². The predicted molar refractivity (Wildman–Crippen MR) is 75.0 cm³/mol. The van der Waals surface area contributed by atoms with E-state index in [1.807, 2.05) is 24.7 Å². The molecule has 1 heterocycles. The van der Waals surface area contributed by atoms with Crippen LogP contribution in [0.5, 0.6) is 0 Å². The summed E-state index contributed by atoms with van der Waals surface area (Å²) in [6, 6.07) is 12.4. The van der Waals surface area contributed by atoms with Crippen LogP contribution in [0.3, 0.4) is 0 Å². The Morgan fingerprint density at radius 3 is 2.53 bits per heavy atom. The highest BCUT2D eigenvalue weighted by Crippen LogP contribution is 2.51. The van der Waals surface area contributed by atoms with Crippen molar-refractivity contribution < 1.29 is 5.11 Å². The minimum absolute atomic E-state index is 0.0283. The van der Waals surface area contributed by atoms with Gasteiger partial charge in [-0.15, -0.1) is 0 Å². The molecule has 0 saturated heterocycles. The van der Waals surface area contributed by atoms with E-state index in [4.69, 9.17) is 0 Å². The van der Waals surface area contributed by atoms with Crippen molar-refractivity contribution in [1.29, 1.82) is 0 Å². The van der Waals surface area contributed by atoms with E-state index in [1.54, 1.807) is 0 Å². The Labute approximate surface area is 113 Å². The number of aryl methyl sites for hydroxylation is 2. The summed E-state index contributed by atoms with van der Waals surface area (Å²) >= 11 is 0. The predicted octanol–water partition coefficient (Wildman–Crippen LogP) is 2.36. The molecule has 1 N–H and O–H groups in total. The molecule has 0 spiro atoms. The molecule has 19 heavy (non-hydrogen) atoms. The van der Waals surface area contributed by atoms with E-state index in [2.05, 4.69) is 35.4 Å². The van der Waals surface area contributed by atoms with Crippen LogP contribution in [0.4, 0.5) is 0 Å². The molecule has 3 rings (SSSR count). The van der Waals surface area contributed by atoms with E-state index >= 15 is 0 Å². The van der Waals surface area contributed by atoms with Gasteiger partial charge in [-0.3, -0.25) is 4.68 Å². The molecule has 1 aromatic carbocycles. The Morgan fingerprint density at radius 1 is 1.32 bits per heavy atom. The summed E-state index contributed by atoms with van der Waals surface area (Å²) < 4.78 is 1.87. The third kappa shape index (κ3) is 2.19. The van der Waals surface area contributed by atoms with Crippen LogP contribution >= 0.6 is 0 Å². The summed E-state index contributed by atoms with van der Waals surface area (Å²) in [5.41, 5.74) is 3.35. The molecule has 100 valence electrons. The normalized spacial score (nSPS) is 18.3. The molecule has 0 amide bonds. The third-order valence-electron chi connectivity index (χ3n) is 4.28. The van der Waals surface area contributed by atoms with Gasteiger partial charge in [-0.2, -0.15) is 5.10 Å². The van der Waals surface area contributed by atoms with Crippen molar-refractivity contribution >= 4 is 0 Å². The van der Waals surface area contributed by atoms with Crippen LogP contribution in [0.1, 0.15) is 29.8 Å². The molecule has 1 aromatic heterocycles. The maximum Gasteiger partial charge on any atom is 0.0692 e.